The van der Waals surface area contributed by atoms with Crippen LogP contribution < -0.4 is 0 Å². The summed E-state index contributed by atoms with van der Waals surface area (Å²) in [6, 6.07) is 2.82. The third kappa shape index (κ3) is 2.58. The average Bonchev–Trinajstić information content (AvgIpc) is 2.54. The topological polar surface area (TPSA) is 37.3 Å². The highest BCUT2D eigenvalue weighted by atomic mass is 19.1. The van der Waals surface area contributed by atoms with Crippen LogP contribution in [0.25, 0.3) is 0 Å². The highest BCUT2D eigenvalue weighted by Gasteiger charge is 2.37. The summed E-state index contributed by atoms with van der Waals surface area (Å²) in [5, 5.41) is 10.4. The molecular formula is C14H16F2O2. The van der Waals surface area contributed by atoms with Crippen LogP contribution in [0, 0.1) is 11.6 Å². The van der Waals surface area contributed by atoms with Crippen LogP contribution in [0.5, 0.6) is 0 Å². The van der Waals surface area contributed by atoms with E-state index in [0.717, 1.165) is 37.8 Å². The van der Waals surface area contributed by atoms with E-state index < -0.39 is 23.0 Å². The van der Waals surface area contributed by atoms with Crippen molar-refractivity contribution in [3.8, 4) is 0 Å². The van der Waals surface area contributed by atoms with Gasteiger partial charge in [-0.15, -0.1) is 0 Å². The first kappa shape index (κ1) is 13.1. The quantitative estimate of drug-likeness (QED) is 0.650. The summed E-state index contributed by atoms with van der Waals surface area (Å²) in [6.07, 6.45) is 4.16. The lowest BCUT2D eigenvalue weighted by Crippen LogP contribution is -2.38. The van der Waals surface area contributed by atoms with Gasteiger partial charge in [-0.3, -0.25) is 4.79 Å². The first-order chi connectivity index (χ1) is 8.53. The van der Waals surface area contributed by atoms with Gasteiger partial charge in [-0.25, -0.2) is 8.78 Å². The lowest BCUT2D eigenvalue weighted by Gasteiger charge is -2.25. The van der Waals surface area contributed by atoms with Crippen LogP contribution in [0.3, 0.4) is 0 Å². The molecule has 0 aromatic heterocycles. The number of ketones is 1. The Labute approximate surface area is 105 Å². The Bertz CT molecular complexity index is 449. The molecule has 0 aliphatic heterocycles. The number of aliphatic hydroxyl groups is 1. The molecule has 2 rings (SSSR count). The zero-order valence-corrected chi connectivity index (χ0v) is 10.1. The SMILES string of the molecule is O=C(c1ccc(F)cc1F)C1(O)CCCCCC1. The molecule has 0 amide bonds. The molecular weight excluding hydrogens is 238 g/mol. The zero-order chi connectivity index (χ0) is 13.2. The first-order valence-corrected chi connectivity index (χ1v) is 6.25. The summed E-state index contributed by atoms with van der Waals surface area (Å²) in [5.74, 6) is -2.25. The maximum atomic E-state index is 13.6. The van der Waals surface area contributed by atoms with E-state index in [1.54, 1.807) is 0 Å². The van der Waals surface area contributed by atoms with Crippen molar-refractivity contribution >= 4 is 5.78 Å². The average molecular weight is 254 g/mol. The summed E-state index contributed by atoms with van der Waals surface area (Å²) in [4.78, 5) is 12.2. The maximum absolute atomic E-state index is 13.6. The molecule has 1 saturated carbocycles. The van der Waals surface area contributed by atoms with E-state index in [1.807, 2.05) is 0 Å². The minimum absolute atomic E-state index is 0.221. The van der Waals surface area contributed by atoms with Crippen LogP contribution in [0.2, 0.25) is 0 Å². The van der Waals surface area contributed by atoms with Crippen molar-refractivity contribution in [2.45, 2.75) is 44.1 Å². The van der Waals surface area contributed by atoms with Crippen LogP contribution in [-0.2, 0) is 0 Å². The molecule has 1 aromatic carbocycles. The summed E-state index contributed by atoms with van der Waals surface area (Å²) < 4.78 is 26.4. The Hall–Kier alpha value is -1.29. The standard InChI is InChI=1S/C14H16F2O2/c15-10-5-6-11(12(16)9-10)13(17)14(18)7-3-1-2-4-8-14/h5-6,9,18H,1-4,7-8H2. The molecule has 1 aliphatic rings. The van der Waals surface area contributed by atoms with E-state index in [1.165, 1.54) is 0 Å². The van der Waals surface area contributed by atoms with Gasteiger partial charge in [0.15, 0.2) is 5.78 Å². The van der Waals surface area contributed by atoms with E-state index in [2.05, 4.69) is 0 Å². The highest BCUT2D eigenvalue weighted by molar-refractivity contribution is 6.02. The largest absolute Gasteiger partial charge is 0.382 e. The fourth-order valence-electron chi connectivity index (χ4n) is 2.46. The summed E-state index contributed by atoms with van der Waals surface area (Å²) in [5.41, 5.74) is -1.71. The number of hydrogen-bond acceptors (Lipinski definition) is 2. The monoisotopic (exact) mass is 254 g/mol. The van der Waals surface area contributed by atoms with Gasteiger partial charge in [-0.1, -0.05) is 25.7 Å². The third-order valence-corrected chi connectivity index (χ3v) is 3.53. The van der Waals surface area contributed by atoms with Gasteiger partial charge in [-0.05, 0) is 25.0 Å². The van der Waals surface area contributed by atoms with Gasteiger partial charge in [0, 0.05) is 6.07 Å². The highest BCUT2D eigenvalue weighted by Crippen LogP contribution is 2.30. The zero-order valence-electron chi connectivity index (χ0n) is 10.1. The minimum Gasteiger partial charge on any atom is -0.382 e. The van der Waals surface area contributed by atoms with Crippen LogP contribution in [0.1, 0.15) is 48.9 Å². The van der Waals surface area contributed by atoms with Crippen molar-refractivity contribution < 1.29 is 18.7 Å². The van der Waals surface area contributed by atoms with E-state index in [0.29, 0.717) is 18.9 Å². The van der Waals surface area contributed by atoms with Crippen molar-refractivity contribution in [1.82, 2.24) is 0 Å². The Morgan fingerprint density at radius 2 is 1.72 bits per heavy atom. The second-order valence-electron chi connectivity index (χ2n) is 4.90. The van der Waals surface area contributed by atoms with Crippen molar-refractivity contribution in [1.29, 1.82) is 0 Å². The van der Waals surface area contributed by atoms with Gasteiger partial charge in [0.25, 0.3) is 0 Å². The van der Waals surface area contributed by atoms with Crippen molar-refractivity contribution in [2.75, 3.05) is 0 Å². The van der Waals surface area contributed by atoms with Crippen LogP contribution >= 0.6 is 0 Å². The first-order valence-electron chi connectivity index (χ1n) is 6.25. The molecule has 2 nitrogen and oxygen atoms in total. The predicted octanol–water partition coefficient (Wildman–Crippen LogP) is 3.23. The van der Waals surface area contributed by atoms with E-state index in [9.17, 15) is 18.7 Å². The molecule has 0 bridgehead atoms. The van der Waals surface area contributed by atoms with E-state index in [-0.39, 0.29) is 5.56 Å². The van der Waals surface area contributed by atoms with E-state index in [4.69, 9.17) is 0 Å². The summed E-state index contributed by atoms with van der Waals surface area (Å²) >= 11 is 0. The molecule has 0 spiro atoms. The number of halogens is 2. The minimum atomic E-state index is -1.49. The smallest absolute Gasteiger partial charge is 0.197 e. The van der Waals surface area contributed by atoms with E-state index >= 15 is 0 Å². The molecule has 98 valence electrons. The van der Waals surface area contributed by atoms with Gasteiger partial charge in [0.05, 0.1) is 5.56 Å². The molecule has 1 N–H and O–H groups in total. The second-order valence-corrected chi connectivity index (χ2v) is 4.90. The Balaban J connectivity index is 2.29. The van der Waals surface area contributed by atoms with Crippen molar-refractivity contribution in [3.05, 3.63) is 35.4 Å². The Morgan fingerprint density at radius 3 is 2.28 bits per heavy atom. The number of carbonyl (C=O) groups excluding carboxylic acids is 1. The molecule has 0 atom stereocenters. The second kappa shape index (κ2) is 5.14. The van der Waals surface area contributed by atoms with Gasteiger partial charge >= 0.3 is 0 Å². The number of hydrogen-bond donors (Lipinski definition) is 1. The van der Waals surface area contributed by atoms with Crippen LogP contribution in [0.4, 0.5) is 8.78 Å². The fraction of sp³-hybridized carbons (Fsp3) is 0.500. The lowest BCUT2D eigenvalue weighted by molar-refractivity contribution is 0.0234. The van der Waals surface area contributed by atoms with Gasteiger partial charge in [0.2, 0.25) is 0 Å². The fourth-order valence-corrected chi connectivity index (χ4v) is 2.46. The molecule has 1 aliphatic carbocycles. The molecule has 1 aromatic rings. The Kier molecular flexibility index (Phi) is 3.76. The normalized spacial score (nSPS) is 19.3. The molecule has 0 unspecified atom stereocenters. The summed E-state index contributed by atoms with van der Waals surface area (Å²) in [6.45, 7) is 0. The van der Waals surface area contributed by atoms with Crippen LogP contribution in [-0.4, -0.2) is 16.5 Å². The maximum Gasteiger partial charge on any atom is 0.197 e. The molecule has 1 fully saturated rings. The van der Waals surface area contributed by atoms with Gasteiger partial charge in [0.1, 0.15) is 17.2 Å². The third-order valence-electron chi connectivity index (χ3n) is 3.53. The Morgan fingerprint density at radius 1 is 1.11 bits per heavy atom. The summed E-state index contributed by atoms with van der Waals surface area (Å²) in [7, 11) is 0. The molecule has 0 heterocycles. The molecule has 18 heavy (non-hydrogen) atoms. The van der Waals surface area contributed by atoms with Gasteiger partial charge < -0.3 is 5.11 Å². The van der Waals surface area contributed by atoms with Crippen molar-refractivity contribution in [2.24, 2.45) is 0 Å². The van der Waals surface area contributed by atoms with Crippen LogP contribution in [0.15, 0.2) is 18.2 Å². The predicted molar refractivity (Wildman–Crippen MR) is 63.3 cm³/mol. The number of carbonyl (C=O) groups is 1. The molecule has 0 saturated heterocycles. The molecule has 4 heteroatoms. The molecule has 0 radical (unpaired) electrons. The van der Waals surface area contributed by atoms with Crippen molar-refractivity contribution in [3.63, 3.8) is 0 Å². The number of benzene rings is 1. The number of Topliss-reactive ketones (excluding diaryl/α,β-unsaturated/α-hetero) is 1. The lowest BCUT2D eigenvalue weighted by atomic mass is 9.86. The number of rotatable bonds is 2. The van der Waals surface area contributed by atoms with Gasteiger partial charge in [-0.2, -0.15) is 0 Å².